The summed E-state index contributed by atoms with van der Waals surface area (Å²) >= 11 is 0. The van der Waals surface area contributed by atoms with Crippen LogP contribution >= 0.6 is 0 Å². The van der Waals surface area contributed by atoms with Gasteiger partial charge in [0.25, 0.3) is 5.91 Å². The summed E-state index contributed by atoms with van der Waals surface area (Å²) in [6.07, 6.45) is 0.974. The second-order valence-corrected chi connectivity index (χ2v) is 6.11. The molecule has 0 unspecified atom stereocenters. The molecule has 0 fully saturated rings. The first-order valence-corrected chi connectivity index (χ1v) is 8.81. The molecule has 8 heteroatoms. The summed E-state index contributed by atoms with van der Waals surface area (Å²) in [6, 6.07) is 9.96. The van der Waals surface area contributed by atoms with Crippen molar-refractivity contribution in [1.29, 1.82) is 0 Å². The number of carbonyl (C=O) groups is 2. The molecule has 0 spiro atoms. The lowest BCUT2D eigenvalue weighted by atomic mass is 10.1. The number of esters is 1. The second-order valence-electron chi connectivity index (χ2n) is 6.11. The quantitative estimate of drug-likeness (QED) is 0.515. The van der Waals surface area contributed by atoms with E-state index in [4.69, 9.17) is 4.74 Å². The number of hydrogen-bond acceptors (Lipinski definition) is 7. The molecule has 2 aromatic rings. The zero-order valence-electron chi connectivity index (χ0n) is 15.9. The topological polar surface area (TPSA) is 96.4 Å². The van der Waals surface area contributed by atoms with Gasteiger partial charge >= 0.3 is 5.97 Å². The number of aromatic nitrogens is 2. The fourth-order valence-electron chi connectivity index (χ4n) is 2.32. The molecule has 8 nitrogen and oxygen atoms in total. The van der Waals surface area contributed by atoms with E-state index < -0.39 is 11.9 Å². The summed E-state index contributed by atoms with van der Waals surface area (Å²) in [5.74, 6) is -0.326. The van der Waals surface area contributed by atoms with Crippen molar-refractivity contribution in [2.24, 2.45) is 0 Å². The molecule has 1 amide bonds. The van der Waals surface area contributed by atoms with Gasteiger partial charge in [-0.3, -0.25) is 4.79 Å². The summed E-state index contributed by atoms with van der Waals surface area (Å²) in [6.45, 7) is 3.73. The Labute approximate surface area is 158 Å². The number of nitrogens with one attached hydrogen (secondary N) is 2. The largest absolute Gasteiger partial charge is 0.462 e. The summed E-state index contributed by atoms with van der Waals surface area (Å²) in [7, 11) is 4.04. The van der Waals surface area contributed by atoms with Crippen molar-refractivity contribution in [1.82, 2.24) is 15.1 Å². The number of carbonyl (C=O) groups excluding carboxylic acids is 2. The first-order chi connectivity index (χ1) is 13.0. The SMILES string of the molecule is CCOC(=O)c1ccccc1NC(=O)c1ccc(NCCCN(C)C)nn1. The minimum Gasteiger partial charge on any atom is -0.462 e. The third-order valence-electron chi connectivity index (χ3n) is 3.66. The fourth-order valence-corrected chi connectivity index (χ4v) is 2.32. The maximum atomic E-state index is 12.4. The molecule has 2 rings (SSSR count). The predicted octanol–water partition coefficient (Wildman–Crippen LogP) is 2.27. The highest BCUT2D eigenvalue weighted by atomic mass is 16.5. The maximum absolute atomic E-state index is 12.4. The summed E-state index contributed by atoms with van der Waals surface area (Å²) in [5.41, 5.74) is 0.820. The highest BCUT2D eigenvalue weighted by molar-refractivity contribution is 6.07. The molecule has 0 radical (unpaired) electrons. The number of rotatable bonds is 9. The van der Waals surface area contributed by atoms with Gasteiger partial charge in [-0.15, -0.1) is 10.2 Å². The highest BCUT2D eigenvalue weighted by Gasteiger charge is 2.15. The first kappa shape index (κ1) is 20.3. The van der Waals surface area contributed by atoms with Crippen molar-refractivity contribution < 1.29 is 14.3 Å². The minimum absolute atomic E-state index is 0.160. The van der Waals surface area contributed by atoms with Crippen LogP contribution in [0.4, 0.5) is 11.5 Å². The van der Waals surface area contributed by atoms with Crippen molar-refractivity contribution in [3.05, 3.63) is 47.7 Å². The van der Waals surface area contributed by atoms with Gasteiger partial charge in [-0.1, -0.05) is 12.1 Å². The van der Waals surface area contributed by atoms with Crippen LogP contribution in [-0.4, -0.2) is 60.8 Å². The van der Waals surface area contributed by atoms with Crippen molar-refractivity contribution in [3.8, 4) is 0 Å². The third kappa shape index (κ3) is 6.34. The molecular formula is C19H25N5O3. The van der Waals surface area contributed by atoms with E-state index in [9.17, 15) is 9.59 Å². The van der Waals surface area contributed by atoms with Crippen LogP contribution < -0.4 is 10.6 Å². The van der Waals surface area contributed by atoms with E-state index in [1.54, 1.807) is 43.3 Å². The van der Waals surface area contributed by atoms with Crippen molar-refractivity contribution >= 4 is 23.4 Å². The molecule has 27 heavy (non-hydrogen) atoms. The molecule has 144 valence electrons. The summed E-state index contributed by atoms with van der Waals surface area (Å²) in [5, 5.41) is 13.8. The first-order valence-electron chi connectivity index (χ1n) is 8.81. The molecule has 1 aromatic heterocycles. The molecule has 0 atom stereocenters. The van der Waals surface area contributed by atoms with Gasteiger partial charge in [0.1, 0.15) is 5.82 Å². The van der Waals surface area contributed by atoms with Gasteiger partial charge in [0.2, 0.25) is 0 Å². The lowest BCUT2D eigenvalue weighted by Gasteiger charge is -2.11. The van der Waals surface area contributed by atoms with Crippen molar-refractivity contribution in [2.75, 3.05) is 44.4 Å². The molecule has 1 aromatic carbocycles. The van der Waals surface area contributed by atoms with Gasteiger partial charge in [-0.2, -0.15) is 0 Å². The molecular weight excluding hydrogens is 346 g/mol. The standard InChI is InChI=1S/C19H25N5O3/c1-4-27-19(26)14-8-5-6-9-15(14)21-18(25)16-10-11-17(23-22-16)20-12-7-13-24(2)3/h5-6,8-11H,4,7,12-13H2,1-3H3,(H,20,23)(H,21,25). The molecule has 0 bridgehead atoms. The maximum Gasteiger partial charge on any atom is 0.340 e. The Morgan fingerprint density at radius 1 is 1.11 bits per heavy atom. The molecule has 2 N–H and O–H groups in total. The van der Waals surface area contributed by atoms with Crippen LogP contribution in [0.15, 0.2) is 36.4 Å². The lowest BCUT2D eigenvalue weighted by Crippen LogP contribution is -2.18. The Morgan fingerprint density at radius 2 is 1.89 bits per heavy atom. The van der Waals surface area contributed by atoms with Crippen LogP contribution in [0, 0.1) is 0 Å². The smallest absolute Gasteiger partial charge is 0.340 e. The van der Waals surface area contributed by atoms with Crippen molar-refractivity contribution in [2.45, 2.75) is 13.3 Å². The number of ether oxygens (including phenoxy) is 1. The fraction of sp³-hybridized carbons (Fsp3) is 0.368. The van der Waals surface area contributed by atoms with Gasteiger partial charge < -0.3 is 20.3 Å². The minimum atomic E-state index is -0.489. The molecule has 0 aliphatic rings. The number of hydrogen-bond donors (Lipinski definition) is 2. The lowest BCUT2D eigenvalue weighted by molar-refractivity contribution is 0.0527. The Bertz CT molecular complexity index is 762. The van der Waals surface area contributed by atoms with Crippen molar-refractivity contribution in [3.63, 3.8) is 0 Å². The van der Waals surface area contributed by atoms with E-state index in [-0.39, 0.29) is 12.3 Å². The number of para-hydroxylation sites is 1. The number of amides is 1. The molecule has 0 aliphatic heterocycles. The van der Waals surface area contributed by atoms with E-state index in [2.05, 4.69) is 25.7 Å². The summed E-state index contributed by atoms with van der Waals surface area (Å²) < 4.78 is 5.00. The van der Waals surface area contributed by atoms with E-state index in [0.29, 0.717) is 17.1 Å². The normalized spacial score (nSPS) is 10.5. The van der Waals surface area contributed by atoms with E-state index in [1.165, 1.54) is 0 Å². The monoisotopic (exact) mass is 371 g/mol. The highest BCUT2D eigenvalue weighted by Crippen LogP contribution is 2.17. The Morgan fingerprint density at radius 3 is 2.56 bits per heavy atom. The van der Waals surface area contributed by atoms with Crippen LogP contribution in [0.3, 0.4) is 0 Å². The second kappa shape index (κ2) is 10.2. The molecule has 0 saturated heterocycles. The van der Waals surface area contributed by atoms with Crippen LogP contribution in [0.25, 0.3) is 0 Å². The van der Waals surface area contributed by atoms with E-state index in [0.717, 1.165) is 19.5 Å². The zero-order chi connectivity index (χ0) is 19.6. The Kier molecular flexibility index (Phi) is 7.69. The van der Waals surface area contributed by atoms with E-state index in [1.807, 2.05) is 14.1 Å². The van der Waals surface area contributed by atoms with Gasteiger partial charge in [-0.25, -0.2) is 4.79 Å². The van der Waals surface area contributed by atoms with Crippen LogP contribution in [0.2, 0.25) is 0 Å². The van der Waals surface area contributed by atoms with Crippen LogP contribution in [-0.2, 0) is 4.74 Å². The number of anilines is 2. The Balaban J connectivity index is 1.97. The summed E-state index contributed by atoms with van der Waals surface area (Å²) in [4.78, 5) is 26.5. The van der Waals surface area contributed by atoms with Gasteiger partial charge in [-0.05, 0) is 58.3 Å². The van der Waals surface area contributed by atoms with E-state index >= 15 is 0 Å². The van der Waals surface area contributed by atoms with Gasteiger partial charge in [0.05, 0.1) is 17.9 Å². The Hall–Kier alpha value is -3.00. The molecule has 0 aliphatic carbocycles. The third-order valence-corrected chi connectivity index (χ3v) is 3.66. The van der Waals surface area contributed by atoms with Gasteiger partial charge in [0, 0.05) is 6.54 Å². The van der Waals surface area contributed by atoms with Crippen LogP contribution in [0.1, 0.15) is 34.2 Å². The zero-order valence-corrected chi connectivity index (χ0v) is 15.9. The molecule has 1 heterocycles. The average Bonchev–Trinajstić information content (AvgIpc) is 2.66. The number of benzene rings is 1. The number of nitrogens with zero attached hydrogens (tertiary/aromatic N) is 3. The molecule has 0 saturated carbocycles. The average molecular weight is 371 g/mol. The van der Waals surface area contributed by atoms with Gasteiger partial charge in [0.15, 0.2) is 5.69 Å². The predicted molar refractivity (Wildman–Crippen MR) is 104 cm³/mol. The van der Waals surface area contributed by atoms with Crippen LogP contribution in [0.5, 0.6) is 0 Å².